The first-order chi connectivity index (χ1) is 6.39. The van der Waals surface area contributed by atoms with Crippen LogP contribution in [-0.2, 0) is 0 Å². The quantitative estimate of drug-likeness (QED) is 0.556. The fourth-order valence-corrected chi connectivity index (χ4v) is 1.49. The zero-order valence-corrected chi connectivity index (χ0v) is 8.62. The van der Waals surface area contributed by atoms with Crippen LogP contribution in [0.25, 0.3) is 0 Å². The third-order valence-electron chi connectivity index (χ3n) is 1.62. The van der Waals surface area contributed by atoms with E-state index in [1.807, 2.05) is 6.92 Å². The highest BCUT2D eigenvalue weighted by atomic mass is 32.2. The monoisotopic (exact) mass is 221 g/mol. The van der Waals surface area contributed by atoms with Crippen molar-refractivity contribution in [1.29, 1.82) is 0 Å². The Kier molecular flexibility index (Phi) is 3.44. The van der Waals surface area contributed by atoms with E-state index in [0.29, 0.717) is 16.8 Å². The molecule has 0 heterocycles. The van der Waals surface area contributed by atoms with Gasteiger partial charge in [-0.1, -0.05) is 17.7 Å². The smallest absolute Gasteiger partial charge is 0.157 e. The van der Waals surface area contributed by atoms with E-state index >= 15 is 0 Å². The second kappa shape index (κ2) is 4.23. The van der Waals surface area contributed by atoms with Gasteiger partial charge in [-0.15, -0.1) is 0 Å². The van der Waals surface area contributed by atoms with E-state index in [9.17, 15) is 13.2 Å². The first kappa shape index (κ1) is 11.4. The minimum Gasteiger partial charge on any atom is -0.157 e. The number of rotatable bonds is 2. The van der Waals surface area contributed by atoms with E-state index < -0.39 is 6.30 Å². The minimum absolute atomic E-state index is 0.275. The van der Waals surface area contributed by atoms with Gasteiger partial charge in [0.05, 0.1) is 0 Å². The third kappa shape index (κ3) is 3.23. The molecule has 1 rings (SSSR count). The molecule has 0 aromatic heterocycles. The first-order valence-corrected chi connectivity index (χ1v) is 4.72. The summed E-state index contributed by atoms with van der Waals surface area (Å²) < 4.78 is 36.6. The van der Waals surface area contributed by atoms with Crippen LogP contribution < -0.4 is 0 Å². The lowest BCUT2D eigenvalue weighted by molar-refractivity contribution is -0.199. The van der Waals surface area contributed by atoms with E-state index in [1.165, 1.54) is 0 Å². The zero-order valence-electron chi connectivity index (χ0n) is 7.80. The molecule has 0 aliphatic carbocycles. The lowest BCUT2D eigenvalue weighted by Crippen LogP contribution is -2.27. The van der Waals surface area contributed by atoms with Crippen molar-refractivity contribution in [2.75, 3.05) is 7.05 Å². The molecule has 0 aliphatic heterocycles. The van der Waals surface area contributed by atoms with Gasteiger partial charge in [0.25, 0.3) is 0 Å². The van der Waals surface area contributed by atoms with Crippen LogP contribution in [0.5, 0.6) is 0 Å². The summed E-state index contributed by atoms with van der Waals surface area (Å²) >= 11 is 0.668. The van der Waals surface area contributed by atoms with Crippen LogP contribution in [0.15, 0.2) is 29.2 Å². The predicted octanol–water partition coefficient (Wildman–Crippen LogP) is 3.45. The van der Waals surface area contributed by atoms with E-state index in [2.05, 4.69) is 0 Å². The van der Waals surface area contributed by atoms with Crippen LogP contribution in [0.3, 0.4) is 0 Å². The van der Waals surface area contributed by atoms with Gasteiger partial charge in [-0.2, -0.15) is 17.5 Å². The summed E-state index contributed by atoms with van der Waals surface area (Å²) in [6, 6.07) is 6.91. The van der Waals surface area contributed by atoms with Gasteiger partial charge in [-0.25, -0.2) is 0 Å². The molecule has 1 nitrogen and oxygen atoms in total. The van der Waals surface area contributed by atoms with Crippen molar-refractivity contribution >= 4 is 11.9 Å². The zero-order chi connectivity index (χ0) is 10.8. The molecule has 0 N–H and O–H groups in total. The molecule has 0 radical (unpaired) electrons. The van der Waals surface area contributed by atoms with Crippen LogP contribution in [0.2, 0.25) is 0 Å². The highest BCUT2D eigenvalue weighted by Gasteiger charge is 2.34. The second-order valence-corrected chi connectivity index (χ2v) is 4.07. The molecule has 14 heavy (non-hydrogen) atoms. The van der Waals surface area contributed by atoms with Gasteiger partial charge in [-0.3, -0.25) is 0 Å². The molecule has 0 amide bonds. The van der Waals surface area contributed by atoms with Crippen molar-refractivity contribution < 1.29 is 13.2 Å². The molecule has 1 aromatic carbocycles. The molecule has 0 saturated heterocycles. The number of benzene rings is 1. The number of halogens is 3. The Morgan fingerprint density at radius 3 is 2.07 bits per heavy atom. The van der Waals surface area contributed by atoms with Gasteiger partial charge in [-0.05, 0) is 31.0 Å². The van der Waals surface area contributed by atoms with Gasteiger partial charge in [0.2, 0.25) is 0 Å². The Bertz CT molecular complexity index is 294. The van der Waals surface area contributed by atoms with E-state index in [-0.39, 0.29) is 4.31 Å². The van der Waals surface area contributed by atoms with Crippen molar-refractivity contribution in [1.82, 2.24) is 4.31 Å². The highest BCUT2D eigenvalue weighted by Crippen LogP contribution is 2.31. The maximum absolute atomic E-state index is 12.1. The number of alkyl halides is 3. The standard InChI is InChI=1S/C9H10F3NS/c1-7-3-5-8(6-4-7)14-13(2)9(10,11)12/h3-6H,1-2H3. The molecule has 78 valence electrons. The summed E-state index contributed by atoms with van der Waals surface area (Å²) in [5.41, 5.74) is 1.03. The number of aryl methyl sites for hydroxylation is 1. The Morgan fingerprint density at radius 1 is 1.14 bits per heavy atom. The van der Waals surface area contributed by atoms with E-state index in [1.54, 1.807) is 24.3 Å². The minimum atomic E-state index is -4.30. The average Bonchev–Trinajstić information content (AvgIpc) is 2.07. The molecule has 0 spiro atoms. The predicted molar refractivity (Wildman–Crippen MR) is 50.9 cm³/mol. The lowest BCUT2D eigenvalue weighted by Gasteiger charge is -2.18. The van der Waals surface area contributed by atoms with Gasteiger partial charge in [0.1, 0.15) is 0 Å². The summed E-state index contributed by atoms with van der Waals surface area (Å²) in [4.78, 5) is 0.579. The molecule has 0 atom stereocenters. The third-order valence-corrected chi connectivity index (χ3v) is 2.58. The Morgan fingerprint density at radius 2 is 1.64 bits per heavy atom. The maximum Gasteiger partial charge on any atom is 0.469 e. The number of hydrogen-bond donors (Lipinski definition) is 0. The lowest BCUT2D eigenvalue weighted by atomic mass is 10.2. The second-order valence-electron chi connectivity index (χ2n) is 2.87. The van der Waals surface area contributed by atoms with Gasteiger partial charge < -0.3 is 0 Å². The average molecular weight is 221 g/mol. The van der Waals surface area contributed by atoms with Crippen molar-refractivity contribution in [3.63, 3.8) is 0 Å². The summed E-state index contributed by atoms with van der Waals surface area (Å²) in [6.07, 6.45) is -4.30. The summed E-state index contributed by atoms with van der Waals surface area (Å²) in [5, 5.41) is 0. The summed E-state index contributed by atoms with van der Waals surface area (Å²) in [5.74, 6) is 0. The van der Waals surface area contributed by atoms with Crippen molar-refractivity contribution in [2.45, 2.75) is 18.1 Å². The first-order valence-electron chi connectivity index (χ1n) is 3.95. The topological polar surface area (TPSA) is 3.24 Å². The number of nitrogens with zero attached hydrogens (tertiary/aromatic N) is 1. The SMILES string of the molecule is Cc1ccc(SN(C)C(F)(F)F)cc1. The molecule has 0 saturated carbocycles. The molecule has 0 bridgehead atoms. The molecular formula is C9H10F3NS. The van der Waals surface area contributed by atoms with Crippen molar-refractivity contribution in [3.8, 4) is 0 Å². The summed E-state index contributed by atoms with van der Waals surface area (Å²) in [7, 11) is 1.00. The summed E-state index contributed by atoms with van der Waals surface area (Å²) in [6.45, 7) is 1.89. The molecule has 5 heteroatoms. The van der Waals surface area contributed by atoms with E-state index in [4.69, 9.17) is 0 Å². The van der Waals surface area contributed by atoms with Gasteiger partial charge >= 0.3 is 6.30 Å². The normalized spacial score (nSPS) is 12.1. The van der Waals surface area contributed by atoms with Crippen LogP contribution in [0.4, 0.5) is 13.2 Å². The number of hydrogen-bond acceptors (Lipinski definition) is 2. The van der Waals surface area contributed by atoms with Crippen LogP contribution in [0, 0.1) is 6.92 Å². The van der Waals surface area contributed by atoms with E-state index in [0.717, 1.165) is 12.6 Å². The van der Waals surface area contributed by atoms with Crippen molar-refractivity contribution in [3.05, 3.63) is 29.8 Å². The Hall–Kier alpha value is -0.680. The fraction of sp³-hybridized carbons (Fsp3) is 0.333. The van der Waals surface area contributed by atoms with Gasteiger partial charge in [0, 0.05) is 11.9 Å². The maximum atomic E-state index is 12.1. The molecule has 0 fully saturated rings. The van der Waals surface area contributed by atoms with Crippen molar-refractivity contribution in [2.24, 2.45) is 0 Å². The van der Waals surface area contributed by atoms with Gasteiger partial charge in [0.15, 0.2) is 0 Å². The largest absolute Gasteiger partial charge is 0.469 e. The van der Waals surface area contributed by atoms with Crippen LogP contribution in [0.1, 0.15) is 5.56 Å². The van der Waals surface area contributed by atoms with Crippen LogP contribution >= 0.6 is 11.9 Å². The Balaban J connectivity index is 2.65. The molecule has 1 aromatic rings. The highest BCUT2D eigenvalue weighted by molar-refractivity contribution is 7.97. The van der Waals surface area contributed by atoms with Crippen LogP contribution in [-0.4, -0.2) is 17.7 Å². The molecular weight excluding hydrogens is 211 g/mol. The molecule has 0 aliphatic rings. The molecule has 0 unspecified atom stereocenters. The Labute approximate surface area is 85.0 Å². The fourth-order valence-electron chi connectivity index (χ4n) is 0.809.